The molecule has 1 aromatic heterocycles. The number of carboxylic acids is 1. The van der Waals surface area contributed by atoms with Crippen LogP contribution in [0, 0.1) is 0 Å². The van der Waals surface area contributed by atoms with E-state index >= 15 is 0 Å². The van der Waals surface area contributed by atoms with Crippen molar-refractivity contribution in [3.8, 4) is 0 Å². The minimum absolute atomic E-state index is 0.137. The van der Waals surface area contributed by atoms with E-state index in [0.717, 1.165) is 17.5 Å². The van der Waals surface area contributed by atoms with Crippen LogP contribution >= 0.6 is 42.6 Å². The number of benzene rings is 1. The largest absolute Gasteiger partial charge is 0.480 e. The van der Waals surface area contributed by atoms with E-state index in [4.69, 9.17) is 48.7 Å². The van der Waals surface area contributed by atoms with Crippen LogP contribution in [0.1, 0.15) is 64.6 Å². The van der Waals surface area contributed by atoms with Crippen molar-refractivity contribution in [3.05, 3.63) is 61.0 Å². The van der Waals surface area contributed by atoms with E-state index in [1.165, 1.54) is 22.7 Å². The summed E-state index contributed by atoms with van der Waals surface area (Å²) in [5, 5.41) is 18.5. The first-order valence-electron chi connectivity index (χ1n) is 14.9. The highest BCUT2D eigenvalue weighted by molar-refractivity contribution is 7.98. The summed E-state index contributed by atoms with van der Waals surface area (Å²) in [6.07, 6.45) is 5.65. The molecule has 50 heavy (non-hydrogen) atoms. The van der Waals surface area contributed by atoms with Gasteiger partial charge in [0.15, 0.2) is 0 Å². The molecule has 4 rings (SSSR count). The molecule has 1 aromatic carbocycles. The second kappa shape index (κ2) is 18.6. The number of halogens is 2. The van der Waals surface area contributed by atoms with E-state index in [0.29, 0.717) is 51.1 Å². The molecule has 0 atom stereocenters. The predicted octanol–water partition coefficient (Wildman–Crippen LogP) is 3.39. The zero-order valence-corrected chi connectivity index (χ0v) is 31.2. The zero-order chi connectivity index (χ0) is 38.0. The molecule has 1 aliphatic heterocycles. The molecule has 2 heterocycles. The number of carbonyl (C=O) groups excluding carboxylic acids is 3. The molecule has 0 unspecified atom stereocenters. The molecule has 2 amide bonds. The molecule has 0 bridgehead atoms. The Labute approximate surface area is 302 Å². The Kier molecular flexibility index (Phi) is 15.8. The summed E-state index contributed by atoms with van der Waals surface area (Å²) in [4.78, 5) is 76.0. The average molecular weight is 778 g/mol. The van der Waals surface area contributed by atoms with Gasteiger partial charge in [-0.2, -0.15) is 4.68 Å². The number of imide groups is 1. The van der Waals surface area contributed by atoms with Gasteiger partial charge >= 0.3 is 19.5 Å². The summed E-state index contributed by atoms with van der Waals surface area (Å²) in [7, 11) is -4.10. The van der Waals surface area contributed by atoms with Crippen molar-refractivity contribution in [2.75, 3.05) is 36.4 Å². The van der Waals surface area contributed by atoms with Crippen LogP contribution in [0.25, 0.3) is 6.08 Å². The van der Waals surface area contributed by atoms with Crippen molar-refractivity contribution >= 4 is 78.1 Å². The Hall–Kier alpha value is -3.57. The van der Waals surface area contributed by atoms with Crippen LogP contribution in [0.15, 0.2) is 44.3 Å². The molecule has 16 nitrogen and oxygen atoms in total. The third-order valence-electron chi connectivity index (χ3n) is 6.73. The van der Waals surface area contributed by atoms with Crippen LogP contribution < -0.4 is 21.6 Å². The van der Waals surface area contributed by atoms with Gasteiger partial charge in [-0.05, 0) is 68.7 Å². The van der Waals surface area contributed by atoms with Gasteiger partial charge < -0.3 is 25.5 Å². The fourth-order valence-electron chi connectivity index (χ4n) is 4.45. The van der Waals surface area contributed by atoms with Crippen LogP contribution in [0.2, 0.25) is 5.02 Å². The minimum Gasteiger partial charge on any atom is -0.480 e. The average Bonchev–Trinajstić information content (AvgIpc) is 3.28. The summed E-state index contributed by atoms with van der Waals surface area (Å²) >= 11 is 13.4. The Morgan fingerprint density at radius 2 is 1.70 bits per heavy atom. The second-order valence-electron chi connectivity index (χ2n) is 11.6. The second-order valence-corrected chi connectivity index (χ2v) is 14.9. The lowest BCUT2D eigenvalue weighted by molar-refractivity contribution is -0.138. The van der Waals surface area contributed by atoms with Crippen LogP contribution in [0.4, 0.5) is 5.69 Å². The summed E-state index contributed by atoms with van der Waals surface area (Å²) in [5.41, 5.74) is 1.82. The van der Waals surface area contributed by atoms with Gasteiger partial charge in [0.2, 0.25) is 5.16 Å². The molecule has 1 aliphatic carbocycles. The highest BCUT2D eigenvalue weighted by Gasteiger charge is 2.39. The van der Waals surface area contributed by atoms with Crippen molar-refractivity contribution in [1.29, 1.82) is 0 Å². The minimum atomic E-state index is -4.10. The number of amides is 2. The molecule has 2 aliphatic rings. The summed E-state index contributed by atoms with van der Waals surface area (Å²) in [6, 6.07) is 4.74. The summed E-state index contributed by atoms with van der Waals surface area (Å²) in [6.45, 7) is 7.14. The first-order chi connectivity index (χ1) is 23.2. The molecule has 0 spiro atoms. The van der Waals surface area contributed by atoms with Gasteiger partial charge in [-0.15, -0.1) is 10.2 Å². The topological polar surface area (TPSA) is 244 Å². The lowest BCUT2D eigenvalue weighted by Crippen LogP contribution is -2.37. The van der Waals surface area contributed by atoms with Gasteiger partial charge in [-0.3, -0.25) is 29.1 Å². The SMILES string of the molecule is CCOC(=O)/C(Cl)=C/c1cc(N2C(=O)C3=C(CCCC3)C2=O)ccc1Cl.CSc1nnc(C(C)(C)C)c(=O)n1N.O=C(O)CNCP(=O)(O)O. The van der Waals surface area contributed by atoms with E-state index < -0.39 is 32.4 Å². The van der Waals surface area contributed by atoms with Crippen LogP contribution in [0.3, 0.4) is 0 Å². The molecule has 0 radical (unpaired) electrons. The third-order valence-corrected chi connectivity index (χ3v) is 8.62. The number of carbonyl (C=O) groups is 4. The molecule has 0 saturated heterocycles. The molecule has 274 valence electrons. The predicted molar refractivity (Wildman–Crippen MR) is 189 cm³/mol. The standard InChI is InChI=1S/C19H17Cl2NO4.C8H14N4OS.C3H8NO5P/c1-2-26-19(25)16(21)10-11-9-12(7-8-15(11)20)22-17(23)13-5-3-4-6-14(13)18(22)24;1-8(2,3)5-6(13)12(9)7(14-4)11-10-5;5-3(6)1-4-2-10(7,8)9/h7-10H,2-6H2,1H3;9H2,1-4H3;4H,1-2H2,(H,5,6)(H2,7,8,9)/b16-10-;;. The number of nitrogens with zero attached hydrogens (tertiary/aromatic N) is 4. The normalized spacial score (nSPS) is 14.7. The Bertz CT molecular complexity index is 1760. The smallest absolute Gasteiger partial charge is 0.349 e. The van der Waals surface area contributed by atoms with Crippen molar-refractivity contribution in [1.82, 2.24) is 20.2 Å². The molecule has 20 heteroatoms. The van der Waals surface area contributed by atoms with Gasteiger partial charge in [0.25, 0.3) is 17.4 Å². The lowest BCUT2D eigenvalue weighted by atomic mass is 9.93. The number of rotatable bonds is 9. The van der Waals surface area contributed by atoms with Gasteiger partial charge in [0, 0.05) is 21.6 Å². The Morgan fingerprint density at radius 3 is 2.18 bits per heavy atom. The maximum Gasteiger partial charge on any atom is 0.349 e. The van der Waals surface area contributed by atoms with Crippen molar-refractivity contribution < 1.29 is 43.4 Å². The van der Waals surface area contributed by atoms with Crippen molar-refractivity contribution in [2.24, 2.45) is 0 Å². The number of hydrogen-bond donors (Lipinski definition) is 5. The molecule has 0 saturated carbocycles. The number of nitrogen functional groups attached to an aromatic ring is 1. The molecule has 6 N–H and O–H groups in total. The maximum atomic E-state index is 12.7. The number of carboxylic acid groups (broad SMARTS) is 1. The summed E-state index contributed by atoms with van der Waals surface area (Å²) < 4.78 is 15.9. The monoisotopic (exact) mass is 776 g/mol. The zero-order valence-electron chi connectivity index (χ0n) is 27.9. The Morgan fingerprint density at radius 1 is 1.12 bits per heavy atom. The number of hydrogen-bond acceptors (Lipinski definition) is 12. The number of thioether (sulfide) groups is 1. The number of aliphatic carboxylic acids is 1. The van der Waals surface area contributed by atoms with Crippen molar-refractivity contribution in [3.63, 3.8) is 0 Å². The number of esters is 1. The number of nitrogens with two attached hydrogens (primary N) is 1. The van der Waals surface area contributed by atoms with Gasteiger partial charge in [0.1, 0.15) is 10.7 Å². The fourth-order valence-corrected chi connectivity index (χ4v) is 5.60. The molecular formula is C30H39Cl2N6O10PS. The first-order valence-corrected chi connectivity index (χ1v) is 18.7. The highest BCUT2D eigenvalue weighted by atomic mass is 35.5. The van der Waals surface area contributed by atoms with Crippen LogP contribution in [-0.4, -0.2) is 79.2 Å². The maximum absolute atomic E-state index is 12.7. The van der Waals surface area contributed by atoms with Crippen molar-refractivity contribution in [2.45, 2.75) is 63.9 Å². The van der Waals surface area contributed by atoms with E-state index in [-0.39, 0.29) is 34.4 Å². The van der Waals surface area contributed by atoms with E-state index in [1.807, 2.05) is 20.8 Å². The highest BCUT2D eigenvalue weighted by Crippen LogP contribution is 2.37. The van der Waals surface area contributed by atoms with Gasteiger partial charge in [-0.25, -0.2) is 9.69 Å². The third kappa shape index (κ3) is 12.0. The number of aromatic nitrogens is 3. The van der Waals surface area contributed by atoms with E-state index in [1.54, 1.807) is 31.4 Å². The fraction of sp³-hybridized carbons (Fsp3) is 0.433. The van der Waals surface area contributed by atoms with E-state index in [2.05, 4.69) is 15.5 Å². The van der Waals surface area contributed by atoms with Crippen LogP contribution in [0.5, 0.6) is 0 Å². The quantitative estimate of drug-likeness (QED) is 0.0612. The van der Waals surface area contributed by atoms with E-state index in [9.17, 15) is 28.5 Å². The summed E-state index contributed by atoms with van der Waals surface area (Å²) in [5.74, 6) is 3.20. The number of nitrogens with one attached hydrogen (secondary N) is 1. The molecular weight excluding hydrogens is 738 g/mol. The number of anilines is 1. The first kappa shape index (κ1) is 42.6. The van der Waals surface area contributed by atoms with Crippen LogP contribution in [-0.2, 0) is 33.9 Å². The van der Waals surface area contributed by atoms with Gasteiger partial charge in [0.05, 0.1) is 25.1 Å². The Balaban J connectivity index is 0.000000303. The molecule has 0 fully saturated rings. The molecule has 2 aromatic rings. The van der Waals surface area contributed by atoms with Gasteiger partial charge in [-0.1, -0.05) is 55.7 Å². The lowest BCUT2D eigenvalue weighted by Gasteiger charge is -2.16. The number of ether oxygens (including phenoxy) is 1.